The summed E-state index contributed by atoms with van der Waals surface area (Å²) >= 11 is 0. The average molecular weight is 293 g/mol. The second-order valence-electron chi connectivity index (χ2n) is 5.21. The first kappa shape index (κ1) is 15.3. The van der Waals surface area contributed by atoms with Crippen molar-refractivity contribution in [2.24, 2.45) is 0 Å². The number of benzene rings is 1. The van der Waals surface area contributed by atoms with Gasteiger partial charge in [-0.1, -0.05) is 0 Å². The Hall–Kier alpha value is -2.11. The topological polar surface area (TPSA) is 68.0 Å². The number of hydrogen-bond donors (Lipinski definition) is 1. The smallest absolute Gasteiger partial charge is 0.242 e. The first-order chi connectivity index (χ1) is 10.1. The molecule has 0 saturated carbocycles. The Kier molecular flexibility index (Phi) is 4.77. The van der Waals surface area contributed by atoms with Crippen LogP contribution in [0.5, 0.6) is 11.5 Å². The summed E-state index contributed by atoms with van der Waals surface area (Å²) in [7, 11) is 5.00. The SMILES string of the molecule is COc1cc(N)c(N(C)CC(=O)N2CCCC2)cc1OC. The molecule has 0 radical (unpaired) electrons. The number of ether oxygens (including phenoxy) is 2. The van der Waals surface area contributed by atoms with Crippen molar-refractivity contribution in [2.45, 2.75) is 12.8 Å². The fraction of sp³-hybridized carbons (Fsp3) is 0.533. The number of methoxy groups -OCH3 is 2. The number of anilines is 2. The van der Waals surface area contributed by atoms with E-state index in [1.165, 1.54) is 0 Å². The van der Waals surface area contributed by atoms with Crippen molar-refractivity contribution in [3.63, 3.8) is 0 Å². The zero-order chi connectivity index (χ0) is 15.4. The lowest BCUT2D eigenvalue weighted by Gasteiger charge is -2.24. The Balaban J connectivity index is 2.14. The summed E-state index contributed by atoms with van der Waals surface area (Å²) in [6.07, 6.45) is 2.18. The highest BCUT2D eigenvalue weighted by Gasteiger charge is 2.20. The third-order valence-electron chi connectivity index (χ3n) is 3.78. The number of rotatable bonds is 5. The number of carbonyl (C=O) groups excluding carboxylic acids is 1. The highest BCUT2D eigenvalue weighted by atomic mass is 16.5. The van der Waals surface area contributed by atoms with Crippen molar-refractivity contribution in [1.29, 1.82) is 0 Å². The van der Waals surface area contributed by atoms with E-state index in [-0.39, 0.29) is 5.91 Å². The summed E-state index contributed by atoms with van der Waals surface area (Å²) in [4.78, 5) is 15.9. The Morgan fingerprint density at radius 1 is 1.24 bits per heavy atom. The molecule has 1 aliphatic heterocycles. The summed E-state index contributed by atoms with van der Waals surface area (Å²) in [6, 6.07) is 3.51. The largest absolute Gasteiger partial charge is 0.493 e. The summed E-state index contributed by atoms with van der Waals surface area (Å²) in [5.41, 5.74) is 7.37. The number of nitrogens with zero attached hydrogens (tertiary/aromatic N) is 2. The highest BCUT2D eigenvalue weighted by Crippen LogP contribution is 2.36. The van der Waals surface area contributed by atoms with Gasteiger partial charge in [0, 0.05) is 32.3 Å². The van der Waals surface area contributed by atoms with Gasteiger partial charge < -0.3 is 25.0 Å². The molecule has 1 fully saturated rings. The maximum Gasteiger partial charge on any atom is 0.242 e. The van der Waals surface area contributed by atoms with Gasteiger partial charge in [-0.2, -0.15) is 0 Å². The molecular weight excluding hydrogens is 270 g/mol. The molecule has 2 N–H and O–H groups in total. The van der Waals surface area contributed by atoms with Crippen LogP contribution in [-0.2, 0) is 4.79 Å². The van der Waals surface area contributed by atoms with Crippen molar-refractivity contribution < 1.29 is 14.3 Å². The first-order valence-corrected chi connectivity index (χ1v) is 7.07. The number of carbonyl (C=O) groups is 1. The lowest BCUT2D eigenvalue weighted by molar-refractivity contribution is -0.128. The van der Waals surface area contributed by atoms with Gasteiger partial charge in [0.25, 0.3) is 0 Å². The maximum atomic E-state index is 12.2. The molecule has 1 aromatic carbocycles. The highest BCUT2D eigenvalue weighted by molar-refractivity contribution is 5.84. The molecule has 1 aliphatic rings. The molecule has 6 nitrogen and oxygen atoms in total. The standard InChI is InChI=1S/C15H23N3O3/c1-17(10-15(19)18-6-4-5-7-18)12-9-14(21-3)13(20-2)8-11(12)16/h8-9H,4-7,10,16H2,1-3H3. The monoisotopic (exact) mass is 293 g/mol. The Morgan fingerprint density at radius 2 is 1.81 bits per heavy atom. The van der Waals surface area contributed by atoms with E-state index in [0.717, 1.165) is 31.6 Å². The number of likely N-dealkylation sites (tertiary alicyclic amines) is 1. The average Bonchev–Trinajstić information content (AvgIpc) is 3.00. The van der Waals surface area contributed by atoms with Crippen molar-refractivity contribution in [3.05, 3.63) is 12.1 Å². The van der Waals surface area contributed by atoms with Crippen molar-refractivity contribution in [1.82, 2.24) is 4.90 Å². The van der Waals surface area contributed by atoms with E-state index < -0.39 is 0 Å². The van der Waals surface area contributed by atoms with E-state index in [2.05, 4.69) is 0 Å². The van der Waals surface area contributed by atoms with E-state index in [4.69, 9.17) is 15.2 Å². The summed E-state index contributed by atoms with van der Waals surface area (Å²) in [5, 5.41) is 0. The third-order valence-corrected chi connectivity index (χ3v) is 3.78. The molecule has 0 atom stereocenters. The molecule has 0 spiro atoms. The molecule has 0 bridgehead atoms. The van der Waals surface area contributed by atoms with E-state index in [1.807, 2.05) is 16.8 Å². The van der Waals surface area contributed by atoms with Gasteiger partial charge in [0.2, 0.25) is 5.91 Å². The van der Waals surface area contributed by atoms with Crippen LogP contribution in [0, 0.1) is 0 Å². The van der Waals surface area contributed by atoms with Gasteiger partial charge in [-0.15, -0.1) is 0 Å². The van der Waals surface area contributed by atoms with E-state index in [0.29, 0.717) is 23.7 Å². The minimum absolute atomic E-state index is 0.129. The number of nitrogen functional groups attached to an aromatic ring is 1. The van der Waals surface area contributed by atoms with Gasteiger partial charge in [0.1, 0.15) is 0 Å². The molecule has 6 heteroatoms. The summed E-state index contributed by atoms with van der Waals surface area (Å²) in [6.45, 7) is 2.02. The molecule has 0 aromatic heterocycles. The zero-order valence-corrected chi connectivity index (χ0v) is 12.9. The Bertz CT molecular complexity index is 513. The van der Waals surface area contributed by atoms with Gasteiger partial charge in [0.15, 0.2) is 11.5 Å². The number of likely N-dealkylation sites (N-methyl/N-ethyl adjacent to an activating group) is 1. The second-order valence-corrected chi connectivity index (χ2v) is 5.21. The quantitative estimate of drug-likeness (QED) is 0.830. The fourth-order valence-corrected chi connectivity index (χ4v) is 2.57. The summed E-state index contributed by atoms with van der Waals surface area (Å²) < 4.78 is 10.5. The Morgan fingerprint density at radius 3 is 2.38 bits per heavy atom. The van der Waals surface area contributed by atoms with Crippen molar-refractivity contribution in [2.75, 3.05) is 51.5 Å². The number of hydrogen-bond acceptors (Lipinski definition) is 5. The van der Waals surface area contributed by atoms with Crippen LogP contribution < -0.4 is 20.1 Å². The lowest BCUT2D eigenvalue weighted by atomic mass is 10.2. The molecule has 21 heavy (non-hydrogen) atoms. The van der Waals surface area contributed by atoms with Crippen LogP contribution >= 0.6 is 0 Å². The van der Waals surface area contributed by atoms with Gasteiger partial charge in [0.05, 0.1) is 32.1 Å². The molecule has 116 valence electrons. The minimum atomic E-state index is 0.129. The van der Waals surface area contributed by atoms with Gasteiger partial charge in [-0.05, 0) is 12.8 Å². The van der Waals surface area contributed by atoms with Crippen LogP contribution in [0.1, 0.15) is 12.8 Å². The summed E-state index contributed by atoms with van der Waals surface area (Å²) in [5.74, 6) is 1.31. The van der Waals surface area contributed by atoms with Crippen LogP contribution in [-0.4, -0.2) is 51.7 Å². The molecular formula is C15H23N3O3. The van der Waals surface area contributed by atoms with E-state index in [1.54, 1.807) is 26.4 Å². The van der Waals surface area contributed by atoms with Crippen LogP contribution in [0.3, 0.4) is 0 Å². The van der Waals surface area contributed by atoms with Crippen molar-refractivity contribution >= 4 is 17.3 Å². The van der Waals surface area contributed by atoms with Gasteiger partial charge in [-0.3, -0.25) is 4.79 Å². The maximum absolute atomic E-state index is 12.2. The zero-order valence-electron chi connectivity index (χ0n) is 12.9. The lowest BCUT2D eigenvalue weighted by Crippen LogP contribution is -2.37. The van der Waals surface area contributed by atoms with E-state index in [9.17, 15) is 4.79 Å². The molecule has 0 unspecified atom stereocenters. The molecule has 2 rings (SSSR count). The molecule has 1 saturated heterocycles. The molecule has 1 amide bonds. The molecule has 1 heterocycles. The van der Waals surface area contributed by atoms with Gasteiger partial charge >= 0.3 is 0 Å². The predicted molar refractivity (Wildman–Crippen MR) is 83.0 cm³/mol. The fourth-order valence-electron chi connectivity index (χ4n) is 2.57. The van der Waals surface area contributed by atoms with Crippen LogP contribution in [0.25, 0.3) is 0 Å². The van der Waals surface area contributed by atoms with Crippen LogP contribution in [0.15, 0.2) is 12.1 Å². The van der Waals surface area contributed by atoms with Gasteiger partial charge in [-0.25, -0.2) is 0 Å². The minimum Gasteiger partial charge on any atom is -0.493 e. The normalized spacial score (nSPS) is 14.1. The number of amides is 1. The van der Waals surface area contributed by atoms with Crippen molar-refractivity contribution in [3.8, 4) is 11.5 Å². The molecule has 0 aliphatic carbocycles. The third kappa shape index (κ3) is 3.32. The van der Waals surface area contributed by atoms with E-state index >= 15 is 0 Å². The molecule has 1 aromatic rings. The van der Waals surface area contributed by atoms with Crippen LogP contribution in [0.2, 0.25) is 0 Å². The number of nitrogens with two attached hydrogens (primary N) is 1. The Labute approximate surface area is 125 Å². The van der Waals surface area contributed by atoms with Crippen LogP contribution in [0.4, 0.5) is 11.4 Å². The second kappa shape index (κ2) is 6.56. The predicted octanol–water partition coefficient (Wildman–Crippen LogP) is 1.34. The first-order valence-electron chi connectivity index (χ1n) is 7.07.